The quantitative estimate of drug-likeness (QED) is 0.0370. The highest BCUT2D eigenvalue weighted by atomic mass is 32.1. The van der Waals surface area contributed by atoms with E-state index in [1.807, 2.05) is 0 Å². The van der Waals surface area contributed by atoms with Gasteiger partial charge in [-0.3, -0.25) is 0 Å². The van der Waals surface area contributed by atoms with E-state index in [1.165, 1.54) is 243 Å². The van der Waals surface area contributed by atoms with Crippen LogP contribution in [0.1, 0.15) is 314 Å². The molecule has 0 aliphatic carbocycles. The minimum absolute atomic E-state index is 0.584. The van der Waals surface area contributed by atoms with Gasteiger partial charge in [-0.1, -0.05) is 294 Å². The Balaban J connectivity index is -0.000000203. The summed E-state index contributed by atoms with van der Waals surface area (Å²) in [6.45, 7) is 29.0. The molecule has 0 aromatic carbocycles. The summed E-state index contributed by atoms with van der Waals surface area (Å²) in [7, 11) is 0. The first-order chi connectivity index (χ1) is 25.7. The standard InChI is InChI=1S/C20H40S.C13H28.2C7H16.C5H12/c1-5-6-7-8-9-10-12-15-19(4)16-13-11-14-17-20(21)18(2)3;1-3-5-7-9-11-13-12-10-8-6-4-2;2*1-3-5-7-6-4-2;1-3-5-4-2/h18,20-21H,4-17H2,1-3H3;3-13H2,1-2H3;2*3-7H2,1-2H3;3-5H2,1-2H3. The van der Waals surface area contributed by atoms with Gasteiger partial charge >= 0.3 is 0 Å². The predicted octanol–water partition coefficient (Wildman–Crippen LogP) is 21.1. The molecular weight excluding hydrogens is 657 g/mol. The molecule has 0 aliphatic rings. The van der Waals surface area contributed by atoms with Gasteiger partial charge in [0.25, 0.3) is 0 Å². The van der Waals surface area contributed by atoms with Crippen LogP contribution in [0.25, 0.3) is 0 Å². The fourth-order valence-corrected chi connectivity index (χ4v) is 6.32. The molecule has 0 aliphatic heterocycles. The Hall–Kier alpha value is 0.0900. The maximum atomic E-state index is 4.64. The van der Waals surface area contributed by atoms with Crippen molar-refractivity contribution in [2.45, 2.75) is 319 Å². The molecule has 0 N–H and O–H groups in total. The molecule has 0 bridgehead atoms. The first-order valence-electron chi connectivity index (χ1n) is 25.1. The van der Waals surface area contributed by atoms with E-state index in [0.717, 1.165) is 0 Å². The van der Waals surface area contributed by atoms with Gasteiger partial charge in [-0.2, -0.15) is 12.6 Å². The fraction of sp³-hybridized carbons (Fsp3) is 0.962. The average molecular weight is 770 g/mol. The summed E-state index contributed by atoms with van der Waals surface area (Å²) in [6, 6.07) is 0. The number of hydrogen-bond acceptors (Lipinski definition) is 1. The van der Waals surface area contributed by atoms with E-state index in [2.05, 4.69) is 95.4 Å². The van der Waals surface area contributed by atoms with Crippen molar-refractivity contribution >= 4 is 12.6 Å². The second kappa shape index (κ2) is 64.0. The molecule has 0 fully saturated rings. The van der Waals surface area contributed by atoms with Gasteiger partial charge in [0.2, 0.25) is 0 Å². The lowest BCUT2D eigenvalue weighted by Gasteiger charge is -2.14. The van der Waals surface area contributed by atoms with Crippen LogP contribution in [0.3, 0.4) is 0 Å². The topological polar surface area (TPSA) is 0 Å². The first-order valence-corrected chi connectivity index (χ1v) is 25.6. The van der Waals surface area contributed by atoms with E-state index in [9.17, 15) is 0 Å². The zero-order valence-corrected chi connectivity index (χ0v) is 40.9. The van der Waals surface area contributed by atoms with Crippen molar-refractivity contribution in [3.8, 4) is 0 Å². The number of unbranched alkanes of at least 4 members (excludes halogenated alkanes) is 28. The van der Waals surface area contributed by atoms with Gasteiger partial charge in [0.1, 0.15) is 0 Å². The summed E-state index contributed by atoms with van der Waals surface area (Å²) < 4.78 is 0. The van der Waals surface area contributed by atoms with Gasteiger partial charge in [-0.05, 0) is 38.0 Å². The van der Waals surface area contributed by atoms with Gasteiger partial charge in [-0.15, -0.1) is 0 Å². The third-order valence-corrected chi connectivity index (χ3v) is 11.1. The molecule has 0 heterocycles. The van der Waals surface area contributed by atoms with Crippen LogP contribution in [0.2, 0.25) is 0 Å². The van der Waals surface area contributed by atoms with E-state index < -0.39 is 0 Å². The molecule has 0 rings (SSSR count). The zero-order chi connectivity index (χ0) is 40.9. The number of thiol groups is 1. The van der Waals surface area contributed by atoms with Crippen molar-refractivity contribution in [1.82, 2.24) is 0 Å². The molecular formula is C52H112S. The van der Waals surface area contributed by atoms with Gasteiger partial charge in [0, 0.05) is 5.25 Å². The Morgan fingerprint density at radius 2 is 0.528 bits per heavy atom. The molecule has 1 unspecified atom stereocenters. The van der Waals surface area contributed by atoms with Crippen LogP contribution < -0.4 is 0 Å². The Morgan fingerprint density at radius 1 is 0.321 bits per heavy atom. The Labute approximate surface area is 348 Å². The summed E-state index contributed by atoms with van der Waals surface area (Å²) in [4.78, 5) is 0. The van der Waals surface area contributed by atoms with Crippen molar-refractivity contribution in [1.29, 1.82) is 0 Å². The first kappa shape index (κ1) is 62.3. The summed E-state index contributed by atoms with van der Waals surface area (Å²) >= 11 is 4.64. The van der Waals surface area contributed by atoms with Gasteiger partial charge < -0.3 is 0 Å². The van der Waals surface area contributed by atoms with E-state index in [0.29, 0.717) is 11.2 Å². The summed E-state index contributed by atoms with van der Waals surface area (Å²) in [5.74, 6) is 0.709. The second-order valence-electron chi connectivity index (χ2n) is 16.7. The molecule has 0 amide bonds. The maximum Gasteiger partial charge on any atom is 0.00398 e. The number of hydrogen-bond donors (Lipinski definition) is 1. The molecule has 0 aromatic heterocycles. The lowest BCUT2D eigenvalue weighted by Crippen LogP contribution is -2.07. The summed E-state index contributed by atoms with van der Waals surface area (Å²) in [6.07, 6.45) is 51.6. The molecule has 0 saturated heterocycles. The van der Waals surface area contributed by atoms with Crippen LogP contribution in [0, 0.1) is 5.92 Å². The van der Waals surface area contributed by atoms with Gasteiger partial charge in [0.15, 0.2) is 0 Å². The van der Waals surface area contributed by atoms with Crippen molar-refractivity contribution in [3.05, 3.63) is 12.2 Å². The molecule has 326 valence electrons. The minimum Gasteiger partial charge on any atom is -0.176 e. The smallest absolute Gasteiger partial charge is 0.00398 e. The molecule has 0 radical (unpaired) electrons. The molecule has 0 aromatic rings. The highest BCUT2D eigenvalue weighted by Gasteiger charge is 2.07. The Kier molecular flexibility index (Phi) is 75.2. The lowest BCUT2D eigenvalue weighted by molar-refractivity contribution is 0.534. The van der Waals surface area contributed by atoms with Crippen molar-refractivity contribution < 1.29 is 0 Å². The molecule has 1 heteroatoms. The van der Waals surface area contributed by atoms with E-state index in [-0.39, 0.29) is 0 Å². The molecule has 53 heavy (non-hydrogen) atoms. The Bertz CT molecular complexity index is 521. The van der Waals surface area contributed by atoms with Crippen LogP contribution in [0.15, 0.2) is 12.2 Å². The van der Waals surface area contributed by atoms with Crippen LogP contribution in [-0.2, 0) is 0 Å². The maximum absolute atomic E-state index is 4.64. The highest BCUT2D eigenvalue weighted by molar-refractivity contribution is 7.81. The second-order valence-corrected chi connectivity index (χ2v) is 17.4. The van der Waals surface area contributed by atoms with E-state index in [4.69, 9.17) is 0 Å². The normalized spacial score (nSPS) is 11.0. The SMILES string of the molecule is C=C(CCCCCCCCC)CCCCCC(S)C(C)C.CCCCC.CCCCCCC.CCCCCCC.CCCCCCCCCCCCC. The van der Waals surface area contributed by atoms with Crippen molar-refractivity contribution in [3.63, 3.8) is 0 Å². The van der Waals surface area contributed by atoms with Crippen LogP contribution >= 0.6 is 12.6 Å². The summed E-state index contributed by atoms with van der Waals surface area (Å²) in [5.41, 5.74) is 1.48. The van der Waals surface area contributed by atoms with Gasteiger partial charge in [-0.25, -0.2) is 0 Å². The molecule has 1 atom stereocenters. The predicted molar refractivity (Wildman–Crippen MR) is 259 cm³/mol. The zero-order valence-electron chi connectivity index (χ0n) is 40.0. The van der Waals surface area contributed by atoms with Crippen molar-refractivity contribution in [2.75, 3.05) is 0 Å². The minimum atomic E-state index is 0.584. The van der Waals surface area contributed by atoms with E-state index >= 15 is 0 Å². The number of rotatable bonds is 35. The largest absolute Gasteiger partial charge is 0.176 e. The lowest BCUT2D eigenvalue weighted by atomic mass is 9.99. The highest BCUT2D eigenvalue weighted by Crippen LogP contribution is 2.20. The van der Waals surface area contributed by atoms with Crippen LogP contribution in [-0.4, -0.2) is 5.25 Å². The van der Waals surface area contributed by atoms with E-state index in [1.54, 1.807) is 0 Å². The fourth-order valence-electron chi connectivity index (χ4n) is 6.14. The molecule has 0 nitrogen and oxygen atoms in total. The third kappa shape index (κ3) is 77.4. The average Bonchev–Trinajstić information content (AvgIpc) is 3.15. The van der Waals surface area contributed by atoms with Crippen LogP contribution in [0.5, 0.6) is 0 Å². The molecule has 0 spiro atoms. The van der Waals surface area contributed by atoms with Gasteiger partial charge in [0.05, 0.1) is 0 Å². The Morgan fingerprint density at radius 3 is 0.755 bits per heavy atom. The summed E-state index contributed by atoms with van der Waals surface area (Å²) in [5, 5.41) is 0.584. The van der Waals surface area contributed by atoms with Crippen LogP contribution in [0.4, 0.5) is 0 Å². The molecule has 0 saturated carbocycles. The number of allylic oxidation sites excluding steroid dienone is 1. The van der Waals surface area contributed by atoms with Crippen molar-refractivity contribution in [2.24, 2.45) is 5.92 Å². The monoisotopic (exact) mass is 769 g/mol. The third-order valence-electron chi connectivity index (χ3n) is 10.3.